The predicted octanol–water partition coefficient (Wildman–Crippen LogP) is 13.1. The quantitative estimate of drug-likeness (QED) is 0.115. The number of fused-ring (bicyclic) bond motifs is 2. The first-order valence-electron chi connectivity index (χ1n) is 24.5. The van der Waals surface area contributed by atoms with Gasteiger partial charge in [-0.3, -0.25) is 28.3 Å². The van der Waals surface area contributed by atoms with Gasteiger partial charge in [-0.25, -0.2) is 9.97 Å². The van der Waals surface area contributed by atoms with E-state index in [1.165, 1.54) is 9.13 Å². The van der Waals surface area contributed by atoms with Gasteiger partial charge in [0.1, 0.15) is 11.6 Å². The molecule has 10 nitrogen and oxygen atoms in total. The van der Waals surface area contributed by atoms with Gasteiger partial charge in [0.2, 0.25) is 0 Å². The molecule has 13 rings (SSSR count). The highest BCUT2D eigenvalue weighted by Gasteiger charge is 2.33. The molecule has 0 aliphatic carbocycles. The van der Waals surface area contributed by atoms with Crippen LogP contribution in [0.4, 0.5) is 0 Å². The molecule has 0 saturated heterocycles. The molecule has 2 N–H and O–H groups in total. The van der Waals surface area contributed by atoms with Crippen molar-refractivity contribution in [3.8, 4) is 22.8 Å². The van der Waals surface area contributed by atoms with Crippen LogP contribution >= 0.6 is 0 Å². The second kappa shape index (κ2) is 14.8. The lowest BCUT2D eigenvalue weighted by Crippen LogP contribution is -2.40. The first-order chi connectivity index (χ1) is 33.7. The van der Waals surface area contributed by atoms with Crippen molar-refractivity contribution in [3.05, 3.63) is 151 Å². The Hall–Kier alpha value is -7.98. The van der Waals surface area contributed by atoms with Gasteiger partial charge >= 0.3 is 0 Å². The highest BCUT2D eigenvalue weighted by atomic mass is 16.2. The molecule has 4 aromatic heterocycles. The number of benzene rings is 9. The molecule has 344 valence electrons. The van der Waals surface area contributed by atoms with E-state index in [0.717, 1.165) is 54.2 Å². The van der Waals surface area contributed by atoms with Gasteiger partial charge in [-0.2, -0.15) is 0 Å². The van der Waals surface area contributed by atoms with Gasteiger partial charge in [-0.1, -0.05) is 140 Å². The van der Waals surface area contributed by atoms with Crippen molar-refractivity contribution >= 4 is 108 Å². The summed E-state index contributed by atoms with van der Waals surface area (Å²) >= 11 is 0. The number of H-pyrrole nitrogens is 2. The molecule has 0 amide bonds. The molecule has 70 heavy (non-hydrogen) atoms. The zero-order valence-electron chi connectivity index (χ0n) is 40.3. The van der Waals surface area contributed by atoms with E-state index in [-0.39, 0.29) is 58.0 Å². The molecule has 0 fully saturated rings. The van der Waals surface area contributed by atoms with Crippen LogP contribution in [0, 0.1) is 23.7 Å². The first-order valence-corrected chi connectivity index (χ1v) is 24.5. The van der Waals surface area contributed by atoms with Gasteiger partial charge in [-0.05, 0) is 69.5 Å². The van der Waals surface area contributed by atoms with E-state index in [1.807, 2.05) is 72.8 Å². The van der Waals surface area contributed by atoms with E-state index in [2.05, 4.69) is 102 Å². The Morgan fingerprint density at radius 2 is 0.714 bits per heavy atom. The minimum Gasteiger partial charge on any atom is -0.339 e. The summed E-state index contributed by atoms with van der Waals surface area (Å²) in [6.07, 6.45) is 0. The van der Waals surface area contributed by atoms with Gasteiger partial charge in [0, 0.05) is 77.3 Å². The van der Waals surface area contributed by atoms with Crippen molar-refractivity contribution in [2.24, 2.45) is 23.7 Å². The SMILES string of the molecule is CC(C)C(C(C)C)n1c(=O)c2cc3nc(-c4cccc5ccccc45)[nH]c4cc5c(=O)n(C(C(C)C)C(C)C)c(=O)c6cc7nc(-c8cccc9ccccc89)[nH]c8cc(c1=O)c2c1c3c4c(c65)c7c81. The lowest BCUT2D eigenvalue weighted by atomic mass is 9.84. The summed E-state index contributed by atoms with van der Waals surface area (Å²) < 4.78 is 2.97. The Labute approximate surface area is 400 Å². The smallest absolute Gasteiger partial charge is 0.261 e. The fourth-order valence-electron chi connectivity index (χ4n) is 13.0. The Bertz CT molecular complexity index is 4110. The molecule has 0 radical (unpaired) electrons. The van der Waals surface area contributed by atoms with Gasteiger partial charge in [0.25, 0.3) is 22.2 Å². The standard InChI is InChI=1S/C60H50N6O4/c1-27(2)53(28(3)4)65-57(67)37-23-41-47-49-43(63-55(61-41)35-21-13-17-31-15-9-11-19-33(31)35)25-39-46-40(60(70)66(59(39)69)54(29(5)6)30(7)8)26-44-50(52(46)49)48-42(24-38(58(65)68)45(37)51(47)48)62-56(64-44)36-22-14-18-32-16-10-12-20-34(32)36/h9-30,53-54H,1-8H3,(H,61,63)(H,62,64). The topological polar surface area (TPSA) is 136 Å². The third-order valence-electron chi connectivity index (χ3n) is 15.5. The maximum atomic E-state index is 15.4. The number of aromatic nitrogens is 6. The lowest BCUT2D eigenvalue weighted by Gasteiger charge is -2.28. The van der Waals surface area contributed by atoms with Crippen molar-refractivity contribution in [2.45, 2.75) is 67.5 Å². The summed E-state index contributed by atoms with van der Waals surface area (Å²) in [6.45, 7) is 16.5. The number of rotatable bonds is 8. The lowest BCUT2D eigenvalue weighted by molar-refractivity contribution is 0.277. The minimum absolute atomic E-state index is 0.0249. The maximum Gasteiger partial charge on any atom is 0.261 e. The summed E-state index contributed by atoms with van der Waals surface area (Å²) in [5.74, 6) is 0.967. The first kappa shape index (κ1) is 42.1. The van der Waals surface area contributed by atoms with Crippen molar-refractivity contribution in [2.75, 3.05) is 0 Å². The Morgan fingerprint density at radius 1 is 0.371 bits per heavy atom. The maximum absolute atomic E-state index is 15.4. The van der Waals surface area contributed by atoms with Crippen LogP contribution in [0.1, 0.15) is 67.5 Å². The molecule has 0 aliphatic rings. The Balaban J connectivity index is 1.36. The minimum atomic E-state index is -0.387. The van der Waals surface area contributed by atoms with Gasteiger partial charge in [0.05, 0.1) is 32.6 Å². The van der Waals surface area contributed by atoms with Gasteiger partial charge in [0.15, 0.2) is 0 Å². The molecule has 0 atom stereocenters. The third kappa shape index (κ3) is 5.55. The van der Waals surface area contributed by atoms with Crippen LogP contribution in [0.2, 0.25) is 0 Å². The zero-order valence-corrected chi connectivity index (χ0v) is 40.3. The average Bonchev–Trinajstić information content (AvgIpc) is 3.61. The van der Waals surface area contributed by atoms with Crippen molar-refractivity contribution in [1.82, 2.24) is 29.1 Å². The molecule has 0 bridgehead atoms. The number of pyridine rings is 2. The largest absolute Gasteiger partial charge is 0.339 e. The number of hydrogen-bond acceptors (Lipinski definition) is 6. The zero-order chi connectivity index (χ0) is 48.3. The van der Waals surface area contributed by atoms with Crippen LogP contribution in [-0.2, 0) is 0 Å². The highest BCUT2D eigenvalue weighted by molar-refractivity contribution is 6.48. The predicted molar refractivity (Wildman–Crippen MR) is 289 cm³/mol. The monoisotopic (exact) mass is 918 g/mol. The fraction of sp³-hybridized carbons (Fsp3) is 0.233. The number of hydrogen-bond donors (Lipinski definition) is 2. The molecular formula is C60H50N6O4. The van der Waals surface area contributed by atoms with E-state index < -0.39 is 0 Å². The number of aromatic amines is 2. The van der Waals surface area contributed by atoms with E-state index >= 15 is 19.2 Å². The van der Waals surface area contributed by atoms with Crippen molar-refractivity contribution in [3.63, 3.8) is 0 Å². The number of nitrogens with one attached hydrogen (secondary N) is 2. The second-order valence-electron chi connectivity index (χ2n) is 21.0. The summed E-state index contributed by atoms with van der Waals surface area (Å²) in [4.78, 5) is 80.4. The highest BCUT2D eigenvalue weighted by Crippen LogP contribution is 2.50. The van der Waals surface area contributed by atoms with Crippen LogP contribution in [-0.4, -0.2) is 29.1 Å². The second-order valence-corrected chi connectivity index (χ2v) is 21.0. The molecular weight excluding hydrogens is 869 g/mol. The summed E-state index contributed by atoms with van der Waals surface area (Å²) in [5, 5.41) is 11.0. The normalized spacial score (nSPS) is 13.0. The van der Waals surface area contributed by atoms with E-state index in [4.69, 9.17) is 9.97 Å². The van der Waals surface area contributed by atoms with Crippen LogP contribution in [0.5, 0.6) is 0 Å². The molecule has 4 heterocycles. The molecule has 0 saturated carbocycles. The summed E-state index contributed by atoms with van der Waals surface area (Å²) in [7, 11) is 0. The van der Waals surface area contributed by atoms with E-state index in [0.29, 0.717) is 76.8 Å². The van der Waals surface area contributed by atoms with Crippen LogP contribution < -0.4 is 22.2 Å². The van der Waals surface area contributed by atoms with Crippen LogP contribution in [0.25, 0.3) is 131 Å². The van der Waals surface area contributed by atoms with Crippen molar-refractivity contribution in [1.29, 1.82) is 0 Å². The average molecular weight is 919 g/mol. The van der Waals surface area contributed by atoms with Crippen LogP contribution in [0.15, 0.2) is 128 Å². The molecule has 10 heteroatoms. The molecule has 0 unspecified atom stereocenters. The molecule has 0 spiro atoms. The Kier molecular flexibility index (Phi) is 8.89. The van der Waals surface area contributed by atoms with Gasteiger partial charge in [-0.15, -0.1) is 0 Å². The number of nitrogens with zero attached hydrogens (tertiary/aromatic N) is 4. The third-order valence-corrected chi connectivity index (χ3v) is 15.5. The fourth-order valence-corrected chi connectivity index (χ4v) is 13.0. The van der Waals surface area contributed by atoms with E-state index in [1.54, 1.807) is 0 Å². The van der Waals surface area contributed by atoms with E-state index in [9.17, 15) is 0 Å². The summed E-state index contributed by atoms with van der Waals surface area (Å²) in [6, 6.07) is 35.3. The Morgan fingerprint density at radius 3 is 1.09 bits per heavy atom. The van der Waals surface area contributed by atoms with Crippen LogP contribution in [0.3, 0.4) is 0 Å². The van der Waals surface area contributed by atoms with Gasteiger partial charge < -0.3 is 9.97 Å². The molecule has 9 aromatic carbocycles. The molecule has 13 aromatic rings. The molecule has 0 aliphatic heterocycles. The summed E-state index contributed by atoms with van der Waals surface area (Å²) in [5.41, 5.74) is 2.55. The van der Waals surface area contributed by atoms with Crippen molar-refractivity contribution < 1.29 is 0 Å².